The van der Waals surface area contributed by atoms with Gasteiger partial charge in [-0.25, -0.2) is 9.97 Å². The third-order valence-electron chi connectivity index (χ3n) is 2.89. The van der Waals surface area contributed by atoms with E-state index in [1.54, 1.807) is 0 Å². The Balaban J connectivity index is 2.53. The zero-order valence-electron chi connectivity index (χ0n) is 7.88. The van der Waals surface area contributed by atoms with E-state index >= 15 is 0 Å². The van der Waals surface area contributed by atoms with Crippen molar-refractivity contribution < 1.29 is 0 Å². The summed E-state index contributed by atoms with van der Waals surface area (Å²) in [5.41, 5.74) is 2.33. The van der Waals surface area contributed by atoms with Crippen LogP contribution in [0.1, 0.15) is 0 Å². The Bertz CT molecular complexity index is 748. The Morgan fingerprint density at radius 3 is 2.53 bits per heavy atom. The molecule has 15 heavy (non-hydrogen) atoms. The van der Waals surface area contributed by atoms with Crippen molar-refractivity contribution in [1.82, 2.24) is 14.4 Å². The molecule has 0 aliphatic heterocycles. The Labute approximate surface area is 85.3 Å². The Hall–Kier alpha value is -2.16. The third kappa shape index (κ3) is 0.722. The quantitative estimate of drug-likeness (QED) is 0.429. The smallest absolute Gasteiger partial charge is 0.234 e. The molecular formula is C12H7N3. The molecule has 4 aromatic rings. The molecule has 0 bridgehead atoms. The van der Waals surface area contributed by atoms with Crippen LogP contribution in [0.4, 0.5) is 0 Å². The highest BCUT2D eigenvalue weighted by Gasteiger charge is 2.11. The maximum atomic E-state index is 4.28. The first-order chi connectivity index (χ1) is 7.45. The largest absolute Gasteiger partial charge is 0.276 e. The first-order valence-corrected chi connectivity index (χ1v) is 4.87. The van der Waals surface area contributed by atoms with Gasteiger partial charge in [0.15, 0.2) is 0 Å². The molecule has 0 aliphatic carbocycles. The molecule has 70 valence electrons. The van der Waals surface area contributed by atoms with E-state index in [1.165, 1.54) is 16.3 Å². The minimum Gasteiger partial charge on any atom is -0.276 e. The van der Waals surface area contributed by atoms with Crippen LogP contribution in [0.15, 0.2) is 42.7 Å². The van der Waals surface area contributed by atoms with Gasteiger partial charge in [0.05, 0.1) is 17.2 Å². The summed E-state index contributed by atoms with van der Waals surface area (Å²) in [6.07, 6.45) is 3.70. The zero-order chi connectivity index (χ0) is 9.83. The summed E-state index contributed by atoms with van der Waals surface area (Å²) < 4.78 is 2.10. The number of imidazole rings is 1. The zero-order valence-corrected chi connectivity index (χ0v) is 7.88. The van der Waals surface area contributed by atoms with Crippen molar-refractivity contribution in [2.75, 3.05) is 0 Å². The molecule has 0 N–H and O–H groups in total. The molecule has 3 heterocycles. The number of aromatic nitrogens is 3. The number of benzene rings is 1. The topological polar surface area (TPSA) is 30.2 Å². The lowest BCUT2D eigenvalue weighted by atomic mass is 10.2. The van der Waals surface area contributed by atoms with Crippen molar-refractivity contribution in [2.45, 2.75) is 0 Å². The predicted molar refractivity (Wildman–Crippen MR) is 59.2 cm³/mol. The lowest BCUT2D eigenvalue weighted by Gasteiger charge is -1.92. The monoisotopic (exact) mass is 193 g/mol. The van der Waals surface area contributed by atoms with Gasteiger partial charge in [0.25, 0.3) is 0 Å². The van der Waals surface area contributed by atoms with Crippen LogP contribution in [0.5, 0.6) is 0 Å². The Morgan fingerprint density at radius 1 is 0.867 bits per heavy atom. The van der Waals surface area contributed by atoms with Crippen LogP contribution < -0.4 is 0 Å². The second-order valence-electron chi connectivity index (χ2n) is 3.65. The maximum absolute atomic E-state index is 4.28. The molecule has 3 aromatic heterocycles. The average Bonchev–Trinajstić information content (AvgIpc) is 2.85. The van der Waals surface area contributed by atoms with Gasteiger partial charge >= 0.3 is 0 Å². The van der Waals surface area contributed by atoms with E-state index in [-0.39, 0.29) is 0 Å². The highest BCUT2D eigenvalue weighted by Crippen LogP contribution is 2.28. The summed E-state index contributed by atoms with van der Waals surface area (Å²) in [7, 11) is 0. The number of hydrogen-bond acceptors (Lipinski definition) is 2. The molecule has 0 unspecified atom stereocenters. The van der Waals surface area contributed by atoms with Crippen LogP contribution in [-0.4, -0.2) is 14.4 Å². The van der Waals surface area contributed by atoms with Crippen molar-refractivity contribution in [2.24, 2.45) is 0 Å². The lowest BCUT2D eigenvalue weighted by molar-refractivity contribution is 1.19. The van der Waals surface area contributed by atoms with E-state index in [9.17, 15) is 0 Å². The lowest BCUT2D eigenvalue weighted by Crippen LogP contribution is -1.85. The molecule has 0 saturated heterocycles. The molecule has 3 heteroatoms. The van der Waals surface area contributed by atoms with Crippen molar-refractivity contribution in [3.05, 3.63) is 42.7 Å². The van der Waals surface area contributed by atoms with Gasteiger partial charge in [0.1, 0.15) is 0 Å². The van der Waals surface area contributed by atoms with E-state index in [0.29, 0.717) is 0 Å². The highest BCUT2D eigenvalue weighted by atomic mass is 15.1. The van der Waals surface area contributed by atoms with Gasteiger partial charge in [-0.3, -0.25) is 4.40 Å². The van der Waals surface area contributed by atoms with E-state index < -0.39 is 0 Å². The normalized spacial score (nSPS) is 12.0. The summed E-state index contributed by atoms with van der Waals surface area (Å²) in [4.78, 5) is 8.52. The minimum atomic E-state index is 0.777. The molecule has 0 spiro atoms. The molecule has 1 aromatic carbocycles. The van der Waals surface area contributed by atoms with E-state index in [0.717, 1.165) is 11.3 Å². The SMILES string of the molecule is c1ccc2c(c1)c1ccnc3ncc2n31. The second-order valence-corrected chi connectivity index (χ2v) is 3.65. The van der Waals surface area contributed by atoms with E-state index in [1.807, 2.05) is 18.5 Å². The van der Waals surface area contributed by atoms with Gasteiger partial charge in [-0.05, 0) is 6.07 Å². The van der Waals surface area contributed by atoms with Crippen molar-refractivity contribution in [3.63, 3.8) is 0 Å². The van der Waals surface area contributed by atoms with Crippen LogP contribution >= 0.6 is 0 Å². The van der Waals surface area contributed by atoms with E-state index in [4.69, 9.17) is 0 Å². The Morgan fingerprint density at radius 2 is 1.67 bits per heavy atom. The van der Waals surface area contributed by atoms with Crippen LogP contribution in [0.2, 0.25) is 0 Å². The van der Waals surface area contributed by atoms with Crippen molar-refractivity contribution in [1.29, 1.82) is 0 Å². The first-order valence-electron chi connectivity index (χ1n) is 4.87. The minimum absolute atomic E-state index is 0.777. The number of nitrogens with zero attached hydrogens (tertiary/aromatic N) is 3. The summed E-state index contributed by atoms with van der Waals surface area (Å²) in [5, 5.41) is 2.51. The number of rotatable bonds is 0. The van der Waals surface area contributed by atoms with Crippen LogP contribution in [0.3, 0.4) is 0 Å². The fourth-order valence-corrected chi connectivity index (χ4v) is 2.25. The van der Waals surface area contributed by atoms with Gasteiger partial charge in [0, 0.05) is 17.0 Å². The van der Waals surface area contributed by atoms with Gasteiger partial charge < -0.3 is 0 Å². The van der Waals surface area contributed by atoms with Gasteiger partial charge in [0.2, 0.25) is 5.78 Å². The van der Waals surface area contributed by atoms with Gasteiger partial charge in [-0.2, -0.15) is 0 Å². The summed E-state index contributed by atoms with van der Waals surface area (Å²) >= 11 is 0. The molecule has 3 nitrogen and oxygen atoms in total. The van der Waals surface area contributed by atoms with Crippen molar-refractivity contribution in [3.8, 4) is 0 Å². The molecule has 0 atom stereocenters. The number of fused-ring (bicyclic) bond motifs is 3. The molecule has 4 rings (SSSR count). The summed E-state index contributed by atoms with van der Waals surface area (Å²) in [5.74, 6) is 0.777. The molecule has 0 radical (unpaired) electrons. The molecule has 0 amide bonds. The fraction of sp³-hybridized carbons (Fsp3) is 0. The van der Waals surface area contributed by atoms with Crippen LogP contribution in [0.25, 0.3) is 27.6 Å². The molecule has 0 saturated carbocycles. The summed E-state index contributed by atoms with van der Waals surface area (Å²) in [6, 6.07) is 10.4. The fourth-order valence-electron chi connectivity index (χ4n) is 2.25. The Kier molecular flexibility index (Phi) is 1.08. The maximum Gasteiger partial charge on any atom is 0.234 e. The third-order valence-corrected chi connectivity index (χ3v) is 2.89. The van der Waals surface area contributed by atoms with Crippen molar-refractivity contribution >= 4 is 27.6 Å². The molecular weight excluding hydrogens is 186 g/mol. The first kappa shape index (κ1) is 7.17. The average molecular weight is 193 g/mol. The standard InChI is InChI=1S/C12H7N3/c1-2-4-9-8(3-1)10-5-6-13-12-14-7-11(9)15(10)12/h1-7H. The second kappa shape index (κ2) is 2.25. The van der Waals surface area contributed by atoms with Gasteiger partial charge in [-0.1, -0.05) is 24.3 Å². The molecule has 0 fully saturated rings. The van der Waals surface area contributed by atoms with Gasteiger partial charge in [-0.15, -0.1) is 0 Å². The van der Waals surface area contributed by atoms with E-state index in [2.05, 4.69) is 38.6 Å². The number of hydrogen-bond donors (Lipinski definition) is 0. The van der Waals surface area contributed by atoms with Crippen LogP contribution in [0, 0.1) is 0 Å². The molecule has 0 aliphatic rings. The predicted octanol–water partition coefficient (Wildman–Crippen LogP) is 2.47. The highest BCUT2D eigenvalue weighted by molar-refractivity contribution is 6.08. The summed E-state index contributed by atoms with van der Waals surface area (Å²) in [6.45, 7) is 0. The van der Waals surface area contributed by atoms with Crippen LogP contribution in [-0.2, 0) is 0 Å².